The summed E-state index contributed by atoms with van der Waals surface area (Å²) in [6.07, 6.45) is 2.80. The number of nitrogens with zero attached hydrogens (tertiary/aromatic N) is 2. The lowest BCUT2D eigenvalue weighted by Gasteiger charge is -2.26. The summed E-state index contributed by atoms with van der Waals surface area (Å²) in [5, 5.41) is 25.6. The van der Waals surface area contributed by atoms with Crippen molar-refractivity contribution in [2.75, 3.05) is 13.2 Å². The minimum Gasteiger partial charge on any atom is -0.394 e. The van der Waals surface area contributed by atoms with Gasteiger partial charge in [-0.2, -0.15) is 5.10 Å². The molecule has 92 valence electrons. The Morgan fingerprint density at radius 2 is 2.12 bits per heavy atom. The molecule has 0 unspecified atom stereocenters. The van der Waals surface area contributed by atoms with Crippen LogP contribution in [0.5, 0.6) is 0 Å². The summed E-state index contributed by atoms with van der Waals surface area (Å²) in [6.45, 7) is 5.19. The summed E-state index contributed by atoms with van der Waals surface area (Å²) >= 11 is 0. The van der Waals surface area contributed by atoms with E-state index in [1.54, 1.807) is 13.1 Å². The minimum atomic E-state index is -0.638. The Morgan fingerprint density at radius 1 is 1.44 bits per heavy atom. The molecule has 5 heteroatoms. The quantitative estimate of drug-likeness (QED) is 0.619. The van der Waals surface area contributed by atoms with E-state index in [1.807, 2.05) is 10.7 Å². The van der Waals surface area contributed by atoms with Gasteiger partial charge in [0.2, 0.25) is 0 Å². The van der Waals surface area contributed by atoms with E-state index in [1.165, 1.54) is 0 Å². The van der Waals surface area contributed by atoms with Crippen molar-refractivity contribution in [2.24, 2.45) is 0 Å². The smallest absolute Gasteiger partial charge is 0.0633 e. The lowest BCUT2D eigenvalue weighted by atomic mass is 10.1. The van der Waals surface area contributed by atoms with E-state index in [0.717, 1.165) is 18.7 Å². The molecule has 0 amide bonds. The molecule has 1 rings (SSSR count). The average molecular weight is 227 g/mol. The highest BCUT2D eigenvalue weighted by atomic mass is 16.3. The summed E-state index contributed by atoms with van der Waals surface area (Å²) in [5.74, 6) is 0. The van der Waals surface area contributed by atoms with Gasteiger partial charge < -0.3 is 15.5 Å². The van der Waals surface area contributed by atoms with E-state index < -0.39 is 5.54 Å². The van der Waals surface area contributed by atoms with Gasteiger partial charge in [-0.15, -0.1) is 0 Å². The molecule has 0 fully saturated rings. The highest BCUT2D eigenvalue weighted by Gasteiger charge is 2.21. The topological polar surface area (TPSA) is 70.3 Å². The van der Waals surface area contributed by atoms with Crippen LogP contribution in [-0.2, 0) is 13.1 Å². The molecule has 0 aromatic carbocycles. The van der Waals surface area contributed by atoms with Crippen LogP contribution in [0.3, 0.4) is 0 Å². The SMILES string of the molecule is CCCn1nccc1CNC(C)(CO)CO. The predicted molar refractivity (Wildman–Crippen MR) is 61.9 cm³/mol. The number of hydrogen-bond acceptors (Lipinski definition) is 4. The molecule has 1 aromatic rings. The summed E-state index contributed by atoms with van der Waals surface area (Å²) in [7, 11) is 0. The number of aliphatic hydroxyl groups is 2. The van der Waals surface area contributed by atoms with Crippen molar-refractivity contribution >= 4 is 0 Å². The molecule has 0 atom stereocenters. The van der Waals surface area contributed by atoms with Crippen LogP contribution in [0.4, 0.5) is 0 Å². The van der Waals surface area contributed by atoms with Gasteiger partial charge in [-0.3, -0.25) is 4.68 Å². The fourth-order valence-electron chi connectivity index (χ4n) is 1.39. The van der Waals surface area contributed by atoms with E-state index in [0.29, 0.717) is 6.54 Å². The maximum atomic E-state index is 9.14. The molecule has 5 nitrogen and oxygen atoms in total. The molecule has 0 aliphatic heterocycles. The second kappa shape index (κ2) is 5.98. The minimum absolute atomic E-state index is 0.0919. The van der Waals surface area contributed by atoms with E-state index in [2.05, 4.69) is 17.3 Å². The van der Waals surface area contributed by atoms with Crippen LogP contribution in [0.2, 0.25) is 0 Å². The van der Waals surface area contributed by atoms with Gasteiger partial charge >= 0.3 is 0 Å². The number of aryl methyl sites for hydroxylation is 1. The number of aromatic nitrogens is 2. The van der Waals surface area contributed by atoms with E-state index in [4.69, 9.17) is 10.2 Å². The molecular formula is C11H21N3O2. The van der Waals surface area contributed by atoms with Crippen LogP contribution in [0.1, 0.15) is 26.0 Å². The van der Waals surface area contributed by atoms with Crippen LogP contribution in [-0.4, -0.2) is 38.7 Å². The first-order valence-electron chi connectivity index (χ1n) is 5.62. The molecule has 0 aliphatic rings. The molecular weight excluding hydrogens is 206 g/mol. The highest BCUT2D eigenvalue weighted by molar-refractivity contribution is 5.01. The number of hydrogen-bond donors (Lipinski definition) is 3. The van der Waals surface area contributed by atoms with Crippen molar-refractivity contribution in [2.45, 2.75) is 38.9 Å². The number of aliphatic hydroxyl groups excluding tert-OH is 2. The van der Waals surface area contributed by atoms with Gasteiger partial charge in [-0.1, -0.05) is 6.92 Å². The highest BCUT2D eigenvalue weighted by Crippen LogP contribution is 2.05. The zero-order valence-electron chi connectivity index (χ0n) is 9.98. The first-order valence-corrected chi connectivity index (χ1v) is 5.62. The van der Waals surface area contributed by atoms with Crippen LogP contribution < -0.4 is 5.32 Å². The molecule has 0 radical (unpaired) electrons. The van der Waals surface area contributed by atoms with Gasteiger partial charge in [0.15, 0.2) is 0 Å². The van der Waals surface area contributed by atoms with Crippen molar-refractivity contribution in [3.63, 3.8) is 0 Å². The Kier molecular flexibility index (Phi) is 4.92. The third-order valence-corrected chi connectivity index (χ3v) is 2.63. The zero-order chi connectivity index (χ0) is 12.0. The summed E-state index contributed by atoms with van der Waals surface area (Å²) < 4.78 is 1.93. The lowest BCUT2D eigenvalue weighted by molar-refractivity contribution is 0.102. The number of nitrogens with one attached hydrogen (secondary N) is 1. The number of rotatable bonds is 7. The van der Waals surface area contributed by atoms with Gasteiger partial charge in [0, 0.05) is 19.3 Å². The fourth-order valence-corrected chi connectivity index (χ4v) is 1.39. The Hall–Kier alpha value is -0.910. The molecule has 16 heavy (non-hydrogen) atoms. The van der Waals surface area contributed by atoms with Crippen LogP contribution in [0, 0.1) is 0 Å². The van der Waals surface area contributed by atoms with Crippen LogP contribution in [0.15, 0.2) is 12.3 Å². The Morgan fingerprint density at radius 3 is 2.69 bits per heavy atom. The van der Waals surface area contributed by atoms with Gasteiger partial charge in [0.05, 0.1) is 24.4 Å². The van der Waals surface area contributed by atoms with Crippen molar-refractivity contribution in [1.82, 2.24) is 15.1 Å². The van der Waals surface area contributed by atoms with Crippen LogP contribution >= 0.6 is 0 Å². The Bertz CT molecular complexity index is 308. The van der Waals surface area contributed by atoms with Gasteiger partial charge in [0.25, 0.3) is 0 Å². The average Bonchev–Trinajstić information content (AvgIpc) is 2.74. The normalized spacial score (nSPS) is 12.0. The molecule has 0 saturated carbocycles. The summed E-state index contributed by atoms with van der Waals surface area (Å²) in [6, 6.07) is 1.94. The molecule has 1 heterocycles. The summed E-state index contributed by atoms with van der Waals surface area (Å²) in [5.41, 5.74) is 0.427. The van der Waals surface area contributed by atoms with Crippen molar-refractivity contribution in [1.29, 1.82) is 0 Å². The maximum Gasteiger partial charge on any atom is 0.0633 e. The standard InChI is InChI=1S/C11H21N3O2/c1-3-6-14-10(4-5-13-14)7-12-11(2,8-15)9-16/h4-5,12,15-16H,3,6-9H2,1-2H3. The molecule has 0 bridgehead atoms. The van der Waals surface area contributed by atoms with Gasteiger partial charge in [-0.25, -0.2) is 0 Å². The van der Waals surface area contributed by atoms with Crippen LogP contribution in [0.25, 0.3) is 0 Å². The van der Waals surface area contributed by atoms with Crippen molar-refractivity contribution in [3.05, 3.63) is 18.0 Å². The third kappa shape index (κ3) is 3.30. The fraction of sp³-hybridized carbons (Fsp3) is 0.727. The van der Waals surface area contributed by atoms with E-state index >= 15 is 0 Å². The predicted octanol–water partition coefficient (Wildman–Crippen LogP) is 0.126. The van der Waals surface area contributed by atoms with Crippen molar-refractivity contribution in [3.8, 4) is 0 Å². The Balaban J connectivity index is 2.56. The second-order valence-corrected chi connectivity index (χ2v) is 4.28. The lowest BCUT2D eigenvalue weighted by Crippen LogP contribution is -2.48. The first kappa shape index (κ1) is 13.2. The second-order valence-electron chi connectivity index (χ2n) is 4.28. The van der Waals surface area contributed by atoms with E-state index in [-0.39, 0.29) is 13.2 Å². The molecule has 0 aliphatic carbocycles. The molecule has 1 aromatic heterocycles. The monoisotopic (exact) mass is 227 g/mol. The first-order chi connectivity index (χ1) is 7.65. The maximum absolute atomic E-state index is 9.14. The van der Waals surface area contributed by atoms with Gasteiger partial charge in [0.1, 0.15) is 0 Å². The Labute approximate surface area is 96.1 Å². The van der Waals surface area contributed by atoms with Gasteiger partial charge in [-0.05, 0) is 19.4 Å². The van der Waals surface area contributed by atoms with E-state index in [9.17, 15) is 0 Å². The third-order valence-electron chi connectivity index (χ3n) is 2.63. The summed E-state index contributed by atoms with van der Waals surface area (Å²) in [4.78, 5) is 0. The molecule has 3 N–H and O–H groups in total. The molecule has 0 spiro atoms. The van der Waals surface area contributed by atoms with Crippen molar-refractivity contribution < 1.29 is 10.2 Å². The molecule has 0 saturated heterocycles. The zero-order valence-corrected chi connectivity index (χ0v) is 9.98. The largest absolute Gasteiger partial charge is 0.394 e.